The van der Waals surface area contributed by atoms with Gasteiger partial charge in [-0.05, 0) is 60.0 Å². The highest BCUT2D eigenvalue weighted by Gasteiger charge is 2.10. The number of pyridine rings is 1. The normalized spacial score (nSPS) is 10.8. The monoisotopic (exact) mass is 423 g/mol. The maximum Gasteiger partial charge on any atom is 0.251 e. The standard InChI is InChI=1S/C21H18ClN5OS/c1-13-10-17-18(26-21(22)27-20(17)29-13)24-11-14-2-4-16(5-3-14)19(28)25-12-15-6-8-23-9-7-15/h2-10H,11-12H2,1H3,(H,25,28)(H,24,26,27). The van der Waals surface area contributed by atoms with Crippen molar-refractivity contribution in [3.8, 4) is 0 Å². The summed E-state index contributed by atoms with van der Waals surface area (Å²) in [5, 5.41) is 7.41. The molecule has 0 spiro atoms. The van der Waals surface area contributed by atoms with Gasteiger partial charge in [0.2, 0.25) is 5.28 Å². The molecule has 0 radical (unpaired) electrons. The molecule has 6 nitrogen and oxygen atoms in total. The summed E-state index contributed by atoms with van der Waals surface area (Å²) in [6.45, 7) is 3.06. The minimum atomic E-state index is -0.112. The first-order valence-corrected chi connectivity index (χ1v) is 10.2. The van der Waals surface area contributed by atoms with Gasteiger partial charge in [-0.1, -0.05) is 12.1 Å². The van der Waals surface area contributed by atoms with Crippen LogP contribution in [0.3, 0.4) is 0 Å². The summed E-state index contributed by atoms with van der Waals surface area (Å²) >= 11 is 7.63. The Morgan fingerprint density at radius 1 is 1.03 bits per heavy atom. The summed E-state index contributed by atoms with van der Waals surface area (Å²) in [5.41, 5.74) is 2.65. The fourth-order valence-electron chi connectivity index (χ4n) is 2.90. The number of anilines is 1. The van der Waals surface area contributed by atoms with Crippen LogP contribution in [0.25, 0.3) is 10.2 Å². The van der Waals surface area contributed by atoms with Gasteiger partial charge in [0.05, 0.1) is 5.39 Å². The van der Waals surface area contributed by atoms with E-state index in [1.165, 1.54) is 0 Å². The second kappa shape index (κ2) is 8.55. The number of nitrogens with zero attached hydrogens (tertiary/aromatic N) is 3. The molecule has 146 valence electrons. The minimum absolute atomic E-state index is 0.112. The van der Waals surface area contributed by atoms with Crippen LogP contribution in [-0.2, 0) is 13.1 Å². The van der Waals surface area contributed by atoms with Crippen LogP contribution in [-0.4, -0.2) is 20.9 Å². The number of aryl methyl sites for hydroxylation is 1. The van der Waals surface area contributed by atoms with E-state index in [0.717, 1.165) is 26.2 Å². The molecule has 8 heteroatoms. The lowest BCUT2D eigenvalue weighted by Crippen LogP contribution is -2.22. The molecular weight excluding hydrogens is 406 g/mol. The molecule has 3 aromatic heterocycles. The lowest BCUT2D eigenvalue weighted by Gasteiger charge is -2.09. The second-order valence-electron chi connectivity index (χ2n) is 6.51. The van der Waals surface area contributed by atoms with E-state index in [1.54, 1.807) is 23.7 Å². The molecule has 0 saturated carbocycles. The van der Waals surface area contributed by atoms with Crippen LogP contribution in [0.5, 0.6) is 0 Å². The Morgan fingerprint density at radius 2 is 1.76 bits per heavy atom. The number of hydrogen-bond donors (Lipinski definition) is 2. The first-order chi connectivity index (χ1) is 14.1. The van der Waals surface area contributed by atoms with Gasteiger partial charge in [0.25, 0.3) is 5.91 Å². The fourth-order valence-corrected chi connectivity index (χ4v) is 3.99. The van der Waals surface area contributed by atoms with Crippen molar-refractivity contribution in [2.45, 2.75) is 20.0 Å². The first kappa shape index (κ1) is 19.3. The van der Waals surface area contributed by atoms with Crippen molar-refractivity contribution in [1.82, 2.24) is 20.3 Å². The highest BCUT2D eigenvalue weighted by molar-refractivity contribution is 7.18. The number of thiophene rings is 1. The van der Waals surface area contributed by atoms with Crippen LogP contribution in [0.15, 0.2) is 54.9 Å². The molecule has 29 heavy (non-hydrogen) atoms. The van der Waals surface area contributed by atoms with Gasteiger partial charge in [-0.15, -0.1) is 11.3 Å². The predicted octanol–water partition coefficient (Wildman–Crippen LogP) is 4.59. The second-order valence-corrected chi connectivity index (χ2v) is 8.08. The summed E-state index contributed by atoms with van der Waals surface area (Å²) in [5.74, 6) is 0.600. The Labute approximate surface area is 177 Å². The molecule has 1 aromatic carbocycles. The van der Waals surface area contributed by atoms with Crippen molar-refractivity contribution < 1.29 is 4.79 Å². The van der Waals surface area contributed by atoms with Gasteiger partial charge in [0.15, 0.2) is 0 Å². The molecule has 0 aliphatic heterocycles. The number of aromatic nitrogens is 3. The zero-order valence-electron chi connectivity index (χ0n) is 15.6. The van der Waals surface area contributed by atoms with Crippen LogP contribution < -0.4 is 10.6 Å². The first-order valence-electron chi connectivity index (χ1n) is 9.02. The number of carbonyl (C=O) groups excluding carboxylic acids is 1. The number of carbonyl (C=O) groups is 1. The summed E-state index contributed by atoms with van der Waals surface area (Å²) in [4.78, 5) is 26.9. The van der Waals surface area contributed by atoms with E-state index in [-0.39, 0.29) is 11.2 Å². The number of rotatable bonds is 6. The topological polar surface area (TPSA) is 79.8 Å². The molecule has 0 aliphatic rings. The Hall–Kier alpha value is -3.03. The van der Waals surface area contributed by atoms with Crippen LogP contribution in [0.1, 0.15) is 26.4 Å². The van der Waals surface area contributed by atoms with Gasteiger partial charge in [-0.25, -0.2) is 9.97 Å². The van der Waals surface area contributed by atoms with Crippen molar-refractivity contribution in [2.75, 3.05) is 5.32 Å². The Bertz CT molecular complexity index is 1150. The van der Waals surface area contributed by atoms with Crippen molar-refractivity contribution in [3.63, 3.8) is 0 Å². The number of fused-ring (bicyclic) bond motifs is 1. The smallest absolute Gasteiger partial charge is 0.251 e. The molecule has 0 fully saturated rings. The van der Waals surface area contributed by atoms with E-state index >= 15 is 0 Å². The van der Waals surface area contributed by atoms with Crippen LogP contribution in [0.2, 0.25) is 5.28 Å². The zero-order chi connectivity index (χ0) is 20.2. The number of halogens is 1. The lowest BCUT2D eigenvalue weighted by molar-refractivity contribution is 0.0951. The average molecular weight is 424 g/mol. The third-order valence-electron chi connectivity index (χ3n) is 4.37. The van der Waals surface area contributed by atoms with Crippen molar-refractivity contribution >= 4 is 44.9 Å². The summed E-state index contributed by atoms with van der Waals surface area (Å²) in [6, 6.07) is 13.3. The molecular formula is C21H18ClN5OS. The van der Waals surface area contributed by atoms with E-state index in [4.69, 9.17) is 11.6 Å². The van der Waals surface area contributed by atoms with Gasteiger partial charge in [-0.3, -0.25) is 9.78 Å². The zero-order valence-corrected chi connectivity index (χ0v) is 17.2. The number of nitrogens with one attached hydrogen (secondary N) is 2. The maximum atomic E-state index is 12.3. The molecule has 0 bridgehead atoms. The van der Waals surface area contributed by atoms with Crippen molar-refractivity contribution in [1.29, 1.82) is 0 Å². The fraction of sp³-hybridized carbons (Fsp3) is 0.143. The largest absolute Gasteiger partial charge is 0.365 e. The lowest BCUT2D eigenvalue weighted by atomic mass is 10.1. The Kier molecular flexibility index (Phi) is 5.69. The minimum Gasteiger partial charge on any atom is -0.365 e. The van der Waals surface area contributed by atoms with Gasteiger partial charge in [0, 0.05) is 35.9 Å². The van der Waals surface area contributed by atoms with Crippen LogP contribution in [0, 0.1) is 6.92 Å². The third-order valence-corrected chi connectivity index (χ3v) is 5.48. The van der Waals surface area contributed by atoms with E-state index in [2.05, 4.69) is 31.7 Å². The molecule has 2 N–H and O–H groups in total. The van der Waals surface area contributed by atoms with Crippen LogP contribution in [0.4, 0.5) is 5.82 Å². The summed E-state index contributed by atoms with van der Waals surface area (Å²) in [7, 11) is 0. The molecule has 4 rings (SSSR count). The van der Waals surface area contributed by atoms with Crippen molar-refractivity contribution in [3.05, 3.63) is 81.7 Å². The highest BCUT2D eigenvalue weighted by Crippen LogP contribution is 2.29. The molecule has 0 aliphatic carbocycles. The molecule has 0 unspecified atom stereocenters. The molecule has 1 amide bonds. The average Bonchev–Trinajstić information content (AvgIpc) is 3.11. The Morgan fingerprint density at radius 3 is 2.52 bits per heavy atom. The van der Waals surface area contributed by atoms with Gasteiger partial charge >= 0.3 is 0 Å². The maximum absolute atomic E-state index is 12.3. The highest BCUT2D eigenvalue weighted by atomic mass is 35.5. The predicted molar refractivity (Wildman–Crippen MR) is 116 cm³/mol. The van der Waals surface area contributed by atoms with E-state index in [1.807, 2.05) is 43.3 Å². The Balaban J connectivity index is 1.39. The molecule has 0 saturated heterocycles. The quantitative estimate of drug-likeness (QED) is 0.443. The third kappa shape index (κ3) is 4.70. The van der Waals surface area contributed by atoms with Crippen LogP contribution >= 0.6 is 22.9 Å². The SMILES string of the molecule is Cc1cc2c(NCc3ccc(C(=O)NCc4ccncc4)cc3)nc(Cl)nc2s1. The van der Waals surface area contributed by atoms with Gasteiger partial charge < -0.3 is 10.6 Å². The van der Waals surface area contributed by atoms with E-state index in [9.17, 15) is 4.79 Å². The molecule has 3 heterocycles. The van der Waals surface area contributed by atoms with Crippen molar-refractivity contribution in [2.24, 2.45) is 0 Å². The summed E-state index contributed by atoms with van der Waals surface area (Å²) in [6.07, 6.45) is 3.42. The van der Waals surface area contributed by atoms with E-state index < -0.39 is 0 Å². The van der Waals surface area contributed by atoms with E-state index in [0.29, 0.717) is 24.5 Å². The van der Waals surface area contributed by atoms with Gasteiger partial charge in [0.1, 0.15) is 10.6 Å². The summed E-state index contributed by atoms with van der Waals surface area (Å²) < 4.78 is 0. The van der Waals surface area contributed by atoms with Gasteiger partial charge in [-0.2, -0.15) is 0 Å². The molecule has 0 atom stereocenters. The number of hydrogen-bond acceptors (Lipinski definition) is 6. The molecule has 4 aromatic rings. The number of benzene rings is 1. The number of amides is 1.